The van der Waals surface area contributed by atoms with E-state index in [1.807, 2.05) is 109 Å². The second-order valence-electron chi connectivity index (χ2n) is 10.7. The van der Waals surface area contributed by atoms with Gasteiger partial charge in [-0.15, -0.1) is 0 Å². The molecule has 1 aromatic heterocycles. The van der Waals surface area contributed by atoms with E-state index < -0.39 is 0 Å². The van der Waals surface area contributed by atoms with Crippen molar-refractivity contribution in [2.45, 2.75) is 20.1 Å². The molecule has 0 saturated carbocycles. The number of amides is 1. The van der Waals surface area contributed by atoms with Crippen molar-refractivity contribution in [2.75, 3.05) is 31.1 Å². The molecule has 43 heavy (non-hydrogen) atoms. The van der Waals surface area contributed by atoms with Crippen molar-refractivity contribution in [3.8, 4) is 22.9 Å². The number of nitrogens with zero attached hydrogens (tertiary/aromatic N) is 3. The normalized spacial score (nSPS) is 13.0. The van der Waals surface area contributed by atoms with Crippen molar-refractivity contribution >= 4 is 11.6 Å². The first kappa shape index (κ1) is 28.0. The molecule has 0 aliphatic carbocycles. The number of anilines is 1. The van der Waals surface area contributed by atoms with Gasteiger partial charge in [-0.1, -0.05) is 90.5 Å². The Morgan fingerprint density at radius 2 is 1.28 bits per heavy atom. The molecule has 5 aromatic rings. The fraction of sp³-hybridized carbons (Fsp3) is 0.189. The van der Waals surface area contributed by atoms with Crippen molar-refractivity contribution in [2.24, 2.45) is 0 Å². The van der Waals surface area contributed by atoms with Crippen LogP contribution in [0.25, 0.3) is 11.1 Å². The molecule has 6 rings (SSSR count). The molecule has 0 N–H and O–H groups in total. The monoisotopic (exact) mass is 569 g/mol. The van der Waals surface area contributed by atoms with Gasteiger partial charge >= 0.3 is 0 Å². The predicted molar refractivity (Wildman–Crippen MR) is 171 cm³/mol. The van der Waals surface area contributed by atoms with Crippen LogP contribution in [0.2, 0.25) is 0 Å². The molecule has 6 heteroatoms. The summed E-state index contributed by atoms with van der Waals surface area (Å²) in [6.45, 7) is 5.84. The van der Waals surface area contributed by atoms with Crippen molar-refractivity contribution in [3.63, 3.8) is 0 Å². The van der Waals surface area contributed by atoms with Gasteiger partial charge in [0.1, 0.15) is 13.2 Å². The molecule has 4 aromatic carbocycles. The zero-order valence-electron chi connectivity index (χ0n) is 24.4. The first-order chi connectivity index (χ1) is 21.1. The number of carbonyl (C=O) groups is 1. The van der Waals surface area contributed by atoms with E-state index in [1.165, 1.54) is 0 Å². The average Bonchev–Trinajstić information content (AvgIpc) is 3.07. The van der Waals surface area contributed by atoms with Crippen LogP contribution in [-0.2, 0) is 13.2 Å². The van der Waals surface area contributed by atoms with E-state index >= 15 is 0 Å². The van der Waals surface area contributed by atoms with Gasteiger partial charge in [0.05, 0.1) is 0 Å². The highest BCUT2D eigenvalue weighted by atomic mass is 16.5. The van der Waals surface area contributed by atoms with Gasteiger partial charge in [0.15, 0.2) is 0 Å². The highest BCUT2D eigenvalue weighted by molar-refractivity contribution is 5.94. The summed E-state index contributed by atoms with van der Waals surface area (Å²) in [5.41, 5.74) is 7.11. The summed E-state index contributed by atoms with van der Waals surface area (Å²) in [6.07, 6.45) is 0. The van der Waals surface area contributed by atoms with Crippen LogP contribution in [0.1, 0.15) is 27.0 Å². The lowest BCUT2D eigenvalue weighted by Gasteiger charge is -2.36. The van der Waals surface area contributed by atoms with Crippen molar-refractivity contribution in [3.05, 3.63) is 144 Å². The van der Waals surface area contributed by atoms with E-state index in [1.54, 1.807) is 0 Å². The van der Waals surface area contributed by atoms with E-state index in [0.717, 1.165) is 52.2 Å². The van der Waals surface area contributed by atoms with Crippen LogP contribution in [0, 0.1) is 6.92 Å². The molecule has 0 radical (unpaired) electrons. The number of pyridine rings is 1. The van der Waals surface area contributed by atoms with Crippen LogP contribution in [0.4, 0.5) is 5.69 Å². The maximum absolute atomic E-state index is 12.9. The van der Waals surface area contributed by atoms with E-state index in [9.17, 15) is 4.79 Å². The first-order valence-corrected chi connectivity index (χ1v) is 14.7. The van der Waals surface area contributed by atoms with Gasteiger partial charge in [0.25, 0.3) is 5.91 Å². The van der Waals surface area contributed by atoms with E-state index in [2.05, 4.69) is 29.2 Å². The molecule has 6 nitrogen and oxygen atoms in total. The highest BCUT2D eigenvalue weighted by Crippen LogP contribution is 2.33. The van der Waals surface area contributed by atoms with Crippen molar-refractivity contribution in [1.29, 1.82) is 0 Å². The molecule has 1 fully saturated rings. The van der Waals surface area contributed by atoms with Gasteiger partial charge in [-0.25, -0.2) is 0 Å². The predicted octanol–water partition coefficient (Wildman–Crippen LogP) is 7.18. The number of aromatic nitrogens is 1. The largest absolute Gasteiger partial charge is 0.473 e. The molecule has 0 spiro atoms. The number of piperazine rings is 1. The Hall–Kier alpha value is -5.10. The number of hydrogen-bond donors (Lipinski definition) is 0. The summed E-state index contributed by atoms with van der Waals surface area (Å²) in [4.78, 5) is 22.0. The molecule has 2 heterocycles. The smallest absolute Gasteiger partial charge is 0.253 e. The van der Waals surface area contributed by atoms with E-state index in [0.29, 0.717) is 38.1 Å². The maximum atomic E-state index is 12.9. The lowest BCUT2D eigenvalue weighted by Crippen LogP contribution is -2.48. The number of rotatable bonds is 9. The molecule has 1 amide bonds. The van der Waals surface area contributed by atoms with Crippen LogP contribution in [0.15, 0.2) is 121 Å². The highest BCUT2D eigenvalue weighted by Gasteiger charge is 2.22. The summed E-state index contributed by atoms with van der Waals surface area (Å²) in [7, 11) is 0. The summed E-state index contributed by atoms with van der Waals surface area (Å²) < 4.78 is 12.3. The van der Waals surface area contributed by atoms with Gasteiger partial charge in [0, 0.05) is 49.1 Å². The summed E-state index contributed by atoms with van der Waals surface area (Å²) in [6, 6.07) is 40.3. The van der Waals surface area contributed by atoms with Crippen LogP contribution in [-0.4, -0.2) is 42.0 Å². The van der Waals surface area contributed by atoms with Crippen LogP contribution >= 0.6 is 0 Å². The Bertz CT molecular complexity index is 1630. The van der Waals surface area contributed by atoms with Crippen molar-refractivity contribution < 1.29 is 14.3 Å². The summed E-state index contributed by atoms with van der Waals surface area (Å²) >= 11 is 0. The second kappa shape index (κ2) is 13.3. The molecule has 1 saturated heterocycles. The van der Waals surface area contributed by atoms with Gasteiger partial charge in [-0.05, 0) is 53.9 Å². The quantitative estimate of drug-likeness (QED) is 0.188. The SMILES string of the molecule is Cc1ccc(C(=O)N2CCN(c3ccc(-c4ccc(OCc5ccccc5)nc4OCc4ccccc4)cc3)CC2)cc1. The Morgan fingerprint density at radius 3 is 1.91 bits per heavy atom. The van der Waals surface area contributed by atoms with Gasteiger partial charge < -0.3 is 19.3 Å². The van der Waals surface area contributed by atoms with Crippen LogP contribution in [0.5, 0.6) is 11.8 Å². The van der Waals surface area contributed by atoms with Crippen LogP contribution in [0.3, 0.4) is 0 Å². The molecule has 216 valence electrons. The Morgan fingerprint density at radius 1 is 0.674 bits per heavy atom. The minimum Gasteiger partial charge on any atom is -0.473 e. The Balaban J connectivity index is 1.14. The molecule has 1 aliphatic rings. The molecule has 0 unspecified atom stereocenters. The topological polar surface area (TPSA) is 54.9 Å². The van der Waals surface area contributed by atoms with E-state index in [4.69, 9.17) is 14.5 Å². The molecular weight excluding hydrogens is 534 g/mol. The fourth-order valence-electron chi connectivity index (χ4n) is 5.19. The number of ether oxygens (including phenoxy) is 2. The van der Waals surface area contributed by atoms with Crippen LogP contribution < -0.4 is 14.4 Å². The number of hydrogen-bond acceptors (Lipinski definition) is 5. The lowest BCUT2D eigenvalue weighted by molar-refractivity contribution is 0.0747. The lowest BCUT2D eigenvalue weighted by atomic mass is 10.1. The first-order valence-electron chi connectivity index (χ1n) is 14.7. The van der Waals surface area contributed by atoms with Gasteiger partial charge in [-0.2, -0.15) is 4.98 Å². The minimum atomic E-state index is 0.0988. The molecular formula is C37H35N3O3. The standard InChI is InChI=1S/C37H35N3O3/c1-28-12-14-32(15-13-28)37(41)40-24-22-39(23-25-40)33-18-16-31(17-19-33)34-20-21-35(42-26-29-8-4-2-5-9-29)38-36(34)43-27-30-10-6-3-7-11-30/h2-21H,22-27H2,1H3. The zero-order valence-corrected chi connectivity index (χ0v) is 24.4. The maximum Gasteiger partial charge on any atom is 0.253 e. The second-order valence-corrected chi connectivity index (χ2v) is 10.7. The molecule has 0 atom stereocenters. The molecule has 0 bridgehead atoms. The third-order valence-corrected chi connectivity index (χ3v) is 7.69. The number of carbonyl (C=O) groups excluding carboxylic acids is 1. The Labute approximate surface area is 253 Å². The summed E-state index contributed by atoms with van der Waals surface area (Å²) in [5.74, 6) is 1.15. The third-order valence-electron chi connectivity index (χ3n) is 7.69. The Kier molecular flexibility index (Phi) is 8.64. The van der Waals surface area contributed by atoms with Crippen molar-refractivity contribution in [1.82, 2.24) is 9.88 Å². The van der Waals surface area contributed by atoms with Gasteiger partial charge in [0.2, 0.25) is 11.8 Å². The third kappa shape index (κ3) is 7.04. The number of aryl methyl sites for hydroxylation is 1. The minimum absolute atomic E-state index is 0.0988. The molecule has 1 aliphatic heterocycles. The fourth-order valence-corrected chi connectivity index (χ4v) is 5.19. The average molecular weight is 570 g/mol. The number of benzene rings is 4. The summed E-state index contributed by atoms with van der Waals surface area (Å²) in [5, 5.41) is 0. The van der Waals surface area contributed by atoms with E-state index in [-0.39, 0.29) is 5.91 Å². The zero-order chi connectivity index (χ0) is 29.4. The van der Waals surface area contributed by atoms with Gasteiger partial charge in [-0.3, -0.25) is 4.79 Å².